The van der Waals surface area contributed by atoms with Crippen molar-refractivity contribution in [1.82, 2.24) is 4.83 Å². The van der Waals surface area contributed by atoms with E-state index < -0.39 is 10.0 Å². The van der Waals surface area contributed by atoms with Gasteiger partial charge in [0.2, 0.25) is 0 Å². The van der Waals surface area contributed by atoms with Crippen molar-refractivity contribution in [2.45, 2.75) is 4.90 Å². The molecule has 0 heterocycles. The smallest absolute Gasteiger partial charge is 0.200 e. The predicted molar refractivity (Wildman–Crippen MR) is 70.8 cm³/mol. The largest absolute Gasteiger partial charge is 0.276 e. The highest BCUT2D eigenvalue weighted by Gasteiger charge is 2.10. The summed E-state index contributed by atoms with van der Waals surface area (Å²) in [7, 11) is -3.58. The molecule has 92 valence electrons. The molecule has 18 heavy (non-hydrogen) atoms. The molecule has 1 N–H and O–H groups in total. The molecule has 0 aliphatic carbocycles. The Labute approximate surface area is 106 Å². The standard InChI is InChI=1S/C13H12N2O2S/c16-18(17,13-9-5-2-6-10-13)15-14-11-12-7-3-1-4-8-12/h1-11,15H/b14-11-. The van der Waals surface area contributed by atoms with E-state index in [-0.39, 0.29) is 4.90 Å². The van der Waals surface area contributed by atoms with E-state index in [1.54, 1.807) is 18.2 Å². The molecule has 4 nitrogen and oxygen atoms in total. The van der Waals surface area contributed by atoms with Gasteiger partial charge >= 0.3 is 0 Å². The first-order chi connectivity index (χ1) is 8.68. The van der Waals surface area contributed by atoms with Crippen LogP contribution in [0.15, 0.2) is 70.7 Å². The quantitative estimate of drug-likeness (QED) is 0.675. The third-order valence-corrected chi connectivity index (χ3v) is 3.48. The Morgan fingerprint density at radius 1 is 0.889 bits per heavy atom. The Morgan fingerprint density at radius 2 is 1.44 bits per heavy atom. The molecule has 2 aromatic rings. The van der Waals surface area contributed by atoms with Gasteiger partial charge in [-0.25, -0.2) is 4.83 Å². The summed E-state index contributed by atoms with van der Waals surface area (Å²) in [5.74, 6) is 0. The molecule has 2 rings (SSSR count). The number of hydrazone groups is 1. The topological polar surface area (TPSA) is 58.5 Å². The van der Waals surface area contributed by atoms with Crippen LogP contribution in [0.1, 0.15) is 5.56 Å². The summed E-state index contributed by atoms with van der Waals surface area (Å²) in [6, 6.07) is 17.4. The molecule has 0 radical (unpaired) electrons. The SMILES string of the molecule is O=S(=O)(N/N=C\c1ccccc1)c1ccccc1. The van der Waals surface area contributed by atoms with Crippen LogP contribution in [0.2, 0.25) is 0 Å². The Kier molecular flexibility index (Phi) is 3.74. The minimum atomic E-state index is -3.58. The van der Waals surface area contributed by atoms with E-state index in [2.05, 4.69) is 9.93 Å². The fraction of sp³-hybridized carbons (Fsp3) is 0. The first-order valence-electron chi connectivity index (χ1n) is 5.33. The summed E-state index contributed by atoms with van der Waals surface area (Å²) in [4.78, 5) is 2.36. The predicted octanol–water partition coefficient (Wildman–Crippen LogP) is 2.00. The second-order valence-corrected chi connectivity index (χ2v) is 5.24. The third-order valence-electron chi connectivity index (χ3n) is 2.24. The number of rotatable bonds is 4. The van der Waals surface area contributed by atoms with E-state index in [9.17, 15) is 8.42 Å². The summed E-state index contributed by atoms with van der Waals surface area (Å²) < 4.78 is 23.6. The van der Waals surface area contributed by atoms with Crippen molar-refractivity contribution in [2.75, 3.05) is 0 Å². The lowest BCUT2D eigenvalue weighted by Gasteiger charge is -2.02. The first-order valence-corrected chi connectivity index (χ1v) is 6.82. The van der Waals surface area contributed by atoms with Gasteiger partial charge in [-0.1, -0.05) is 48.5 Å². The summed E-state index contributed by atoms with van der Waals surface area (Å²) in [5, 5.41) is 3.73. The van der Waals surface area contributed by atoms with Gasteiger partial charge in [-0.2, -0.15) is 13.5 Å². The lowest BCUT2D eigenvalue weighted by atomic mass is 10.2. The van der Waals surface area contributed by atoms with Crippen LogP contribution in [-0.2, 0) is 10.0 Å². The zero-order valence-electron chi connectivity index (χ0n) is 9.52. The minimum Gasteiger partial charge on any atom is -0.200 e. The van der Waals surface area contributed by atoms with Crippen LogP contribution >= 0.6 is 0 Å². The molecule has 0 aliphatic heterocycles. The monoisotopic (exact) mass is 260 g/mol. The lowest BCUT2D eigenvalue weighted by Crippen LogP contribution is -2.18. The van der Waals surface area contributed by atoms with E-state index >= 15 is 0 Å². The van der Waals surface area contributed by atoms with Gasteiger partial charge in [0.1, 0.15) is 0 Å². The molecule has 0 saturated carbocycles. The van der Waals surface area contributed by atoms with Gasteiger partial charge in [0.15, 0.2) is 0 Å². The first kappa shape index (κ1) is 12.3. The molecule has 0 spiro atoms. The molecule has 0 fully saturated rings. The molecular formula is C13H12N2O2S. The van der Waals surface area contributed by atoms with Gasteiger partial charge < -0.3 is 0 Å². The van der Waals surface area contributed by atoms with Crippen molar-refractivity contribution in [2.24, 2.45) is 5.10 Å². The van der Waals surface area contributed by atoms with Crippen molar-refractivity contribution >= 4 is 16.2 Å². The zero-order valence-corrected chi connectivity index (χ0v) is 10.3. The second kappa shape index (κ2) is 5.46. The number of hydrogen-bond acceptors (Lipinski definition) is 3. The summed E-state index contributed by atoms with van der Waals surface area (Å²) in [6.07, 6.45) is 1.46. The number of benzene rings is 2. The van der Waals surface area contributed by atoms with Crippen LogP contribution in [0.4, 0.5) is 0 Å². The van der Waals surface area contributed by atoms with Crippen molar-refractivity contribution in [1.29, 1.82) is 0 Å². The van der Waals surface area contributed by atoms with Crippen LogP contribution in [-0.4, -0.2) is 14.6 Å². The molecular weight excluding hydrogens is 248 g/mol. The molecule has 0 amide bonds. The highest BCUT2D eigenvalue weighted by atomic mass is 32.2. The number of nitrogens with one attached hydrogen (secondary N) is 1. The minimum absolute atomic E-state index is 0.190. The van der Waals surface area contributed by atoms with Gasteiger partial charge in [-0.05, 0) is 17.7 Å². The second-order valence-electron chi connectivity index (χ2n) is 3.58. The maximum absolute atomic E-state index is 11.8. The van der Waals surface area contributed by atoms with Gasteiger partial charge in [-0.15, -0.1) is 0 Å². The van der Waals surface area contributed by atoms with Gasteiger partial charge in [0.05, 0.1) is 11.1 Å². The van der Waals surface area contributed by atoms with Gasteiger partial charge in [-0.3, -0.25) is 0 Å². The molecule has 0 aliphatic rings. The van der Waals surface area contributed by atoms with E-state index in [0.717, 1.165) is 5.56 Å². The van der Waals surface area contributed by atoms with Crippen molar-refractivity contribution in [3.8, 4) is 0 Å². The van der Waals surface area contributed by atoms with Gasteiger partial charge in [0, 0.05) is 0 Å². The van der Waals surface area contributed by atoms with Crippen molar-refractivity contribution < 1.29 is 8.42 Å². The Bertz CT molecular complexity index is 623. The van der Waals surface area contributed by atoms with Crippen LogP contribution in [0.5, 0.6) is 0 Å². The number of nitrogens with zero attached hydrogens (tertiary/aromatic N) is 1. The van der Waals surface area contributed by atoms with E-state index in [4.69, 9.17) is 0 Å². The summed E-state index contributed by atoms with van der Waals surface area (Å²) in [6.45, 7) is 0. The van der Waals surface area contributed by atoms with Crippen LogP contribution < -0.4 is 4.83 Å². The molecule has 5 heteroatoms. The summed E-state index contributed by atoms with van der Waals surface area (Å²) in [5.41, 5.74) is 0.827. The molecule has 0 aromatic heterocycles. The van der Waals surface area contributed by atoms with Crippen molar-refractivity contribution in [3.05, 3.63) is 66.2 Å². The van der Waals surface area contributed by atoms with E-state index in [1.165, 1.54) is 18.3 Å². The zero-order chi connectivity index (χ0) is 12.8. The Morgan fingerprint density at radius 3 is 2.06 bits per heavy atom. The maximum Gasteiger partial charge on any atom is 0.276 e. The highest BCUT2D eigenvalue weighted by molar-refractivity contribution is 7.89. The van der Waals surface area contributed by atoms with E-state index in [0.29, 0.717) is 0 Å². The summed E-state index contributed by atoms with van der Waals surface area (Å²) >= 11 is 0. The van der Waals surface area contributed by atoms with Crippen LogP contribution in [0.3, 0.4) is 0 Å². The number of hydrogen-bond donors (Lipinski definition) is 1. The molecule has 0 unspecified atom stereocenters. The van der Waals surface area contributed by atoms with Crippen molar-refractivity contribution in [3.63, 3.8) is 0 Å². The highest BCUT2D eigenvalue weighted by Crippen LogP contribution is 2.06. The lowest BCUT2D eigenvalue weighted by molar-refractivity contribution is 0.584. The maximum atomic E-state index is 11.8. The van der Waals surface area contributed by atoms with E-state index in [1.807, 2.05) is 30.3 Å². The molecule has 0 bridgehead atoms. The Balaban J connectivity index is 2.09. The fourth-order valence-corrected chi connectivity index (χ4v) is 2.17. The van der Waals surface area contributed by atoms with Crippen LogP contribution in [0, 0.1) is 0 Å². The molecule has 2 aromatic carbocycles. The average Bonchev–Trinajstić information content (AvgIpc) is 2.41. The average molecular weight is 260 g/mol. The molecule has 0 saturated heterocycles. The molecule has 0 atom stereocenters. The number of sulfonamides is 1. The third kappa shape index (κ3) is 3.18. The normalized spacial score (nSPS) is 11.6. The Hall–Kier alpha value is -2.14. The van der Waals surface area contributed by atoms with Crippen LogP contribution in [0.25, 0.3) is 0 Å². The van der Waals surface area contributed by atoms with Gasteiger partial charge in [0.25, 0.3) is 10.0 Å². The fourth-order valence-electron chi connectivity index (χ4n) is 1.36.